The van der Waals surface area contributed by atoms with Crippen LogP contribution in [0, 0.1) is 0 Å². The minimum atomic E-state index is -0.251. The Kier molecular flexibility index (Phi) is 3.37. The van der Waals surface area contributed by atoms with Gasteiger partial charge < -0.3 is 5.32 Å². The van der Waals surface area contributed by atoms with Crippen molar-refractivity contribution < 1.29 is 4.79 Å². The normalized spacial score (nSPS) is 12.0. The Morgan fingerprint density at radius 3 is 2.76 bits per heavy atom. The van der Waals surface area contributed by atoms with Crippen LogP contribution in [0.1, 0.15) is 29.1 Å². The highest BCUT2D eigenvalue weighted by atomic mass is 16.1. The summed E-state index contributed by atoms with van der Waals surface area (Å²) in [4.78, 5) is 16.1. The van der Waals surface area contributed by atoms with Crippen molar-refractivity contribution in [2.45, 2.75) is 13.0 Å². The van der Waals surface area contributed by atoms with Crippen LogP contribution in [-0.4, -0.2) is 41.3 Å². The highest BCUT2D eigenvalue weighted by Crippen LogP contribution is 2.10. The van der Waals surface area contributed by atoms with Gasteiger partial charge in [-0.1, -0.05) is 0 Å². The van der Waals surface area contributed by atoms with E-state index in [-0.39, 0.29) is 11.9 Å². The van der Waals surface area contributed by atoms with Gasteiger partial charge in [-0.05, 0) is 41.6 Å². The lowest BCUT2D eigenvalue weighted by atomic mass is 10.2. The van der Waals surface area contributed by atoms with Crippen LogP contribution in [-0.2, 0) is 0 Å². The minimum Gasteiger partial charge on any atom is -0.342 e. The van der Waals surface area contributed by atoms with Crippen molar-refractivity contribution in [3.63, 3.8) is 0 Å². The van der Waals surface area contributed by atoms with Gasteiger partial charge in [-0.2, -0.15) is 5.10 Å². The number of carbonyl (C=O) groups excluding carboxylic acids is 1. The van der Waals surface area contributed by atoms with Crippen molar-refractivity contribution in [1.29, 1.82) is 0 Å². The number of hydrogen-bond acceptors (Lipinski definition) is 6. The number of amides is 1. The second-order valence-corrected chi connectivity index (χ2v) is 4.37. The number of H-pyrrole nitrogens is 1. The summed E-state index contributed by atoms with van der Waals surface area (Å²) in [7, 11) is 0. The number of carbonyl (C=O) groups is 1. The van der Waals surface area contributed by atoms with Gasteiger partial charge in [-0.15, -0.1) is 5.10 Å². The van der Waals surface area contributed by atoms with Crippen LogP contribution >= 0.6 is 0 Å². The van der Waals surface area contributed by atoms with Crippen molar-refractivity contribution in [3.8, 4) is 5.69 Å². The van der Waals surface area contributed by atoms with Gasteiger partial charge in [0.15, 0.2) is 0 Å². The fourth-order valence-corrected chi connectivity index (χ4v) is 1.82. The Morgan fingerprint density at radius 1 is 1.33 bits per heavy atom. The molecule has 0 aliphatic carbocycles. The highest BCUT2D eigenvalue weighted by Gasteiger charge is 2.13. The standard InChI is InChI=1S/C12H12N8O/c1-8(11-13-6-14-17-11)16-12(21)9-2-4-10(5-3-9)20-7-15-18-19-20/h2-8H,1H3,(H,16,21)(H,13,14,17). The second kappa shape index (κ2) is 5.49. The van der Waals surface area contributed by atoms with Crippen LogP contribution in [0.25, 0.3) is 5.69 Å². The minimum absolute atomic E-state index is 0.192. The van der Waals surface area contributed by atoms with Crippen LogP contribution in [0.5, 0.6) is 0 Å². The molecule has 0 aliphatic rings. The van der Waals surface area contributed by atoms with E-state index in [1.165, 1.54) is 17.3 Å². The fraction of sp³-hybridized carbons (Fsp3) is 0.167. The smallest absolute Gasteiger partial charge is 0.251 e. The summed E-state index contributed by atoms with van der Waals surface area (Å²) in [5, 5.41) is 20.2. The Labute approximate surface area is 119 Å². The molecule has 1 unspecified atom stereocenters. The molecule has 9 heteroatoms. The third-order valence-electron chi connectivity index (χ3n) is 2.93. The van der Waals surface area contributed by atoms with Gasteiger partial charge in [0.1, 0.15) is 18.5 Å². The molecule has 3 rings (SSSR count). The van der Waals surface area contributed by atoms with Crippen LogP contribution in [0.3, 0.4) is 0 Å². The van der Waals surface area contributed by atoms with E-state index in [1.54, 1.807) is 24.3 Å². The maximum Gasteiger partial charge on any atom is 0.251 e. The SMILES string of the molecule is CC(NC(=O)c1ccc(-n2cnnn2)cc1)c1ncn[nH]1. The van der Waals surface area contributed by atoms with Crippen molar-refractivity contribution in [2.24, 2.45) is 0 Å². The fourth-order valence-electron chi connectivity index (χ4n) is 1.82. The summed E-state index contributed by atoms with van der Waals surface area (Å²) in [6.45, 7) is 1.83. The second-order valence-electron chi connectivity index (χ2n) is 4.37. The first-order chi connectivity index (χ1) is 10.2. The molecule has 0 saturated heterocycles. The quantitative estimate of drug-likeness (QED) is 0.710. The van der Waals surface area contributed by atoms with Gasteiger partial charge in [0.2, 0.25) is 0 Å². The van der Waals surface area contributed by atoms with Crippen LogP contribution < -0.4 is 5.32 Å². The molecule has 0 radical (unpaired) electrons. The maximum atomic E-state index is 12.1. The third-order valence-corrected chi connectivity index (χ3v) is 2.93. The van der Waals surface area contributed by atoms with E-state index >= 15 is 0 Å². The van der Waals surface area contributed by atoms with Crippen molar-refractivity contribution in [3.05, 3.63) is 48.3 Å². The monoisotopic (exact) mass is 284 g/mol. The molecule has 2 N–H and O–H groups in total. The predicted octanol–water partition coefficient (Wildman–Crippen LogP) is 0.271. The molecular formula is C12H12N8O. The Balaban J connectivity index is 1.70. The first-order valence-electron chi connectivity index (χ1n) is 6.23. The molecule has 3 aromatic rings. The Bertz CT molecular complexity index is 704. The summed E-state index contributed by atoms with van der Waals surface area (Å²) in [6.07, 6.45) is 2.89. The van der Waals surface area contributed by atoms with E-state index in [1.807, 2.05) is 6.92 Å². The molecule has 9 nitrogen and oxygen atoms in total. The van der Waals surface area contributed by atoms with Gasteiger partial charge in [0.25, 0.3) is 5.91 Å². The zero-order valence-corrected chi connectivity index (χ0v) is 11.1. The number of hydrogen-bond donors (Lipinski definition) is 2. The van der Waals surface area contributed by atoms with E-state index < -0.39 is 0 Å². The lowest BCUT2D eigenvalue weighted by Gasteiger charge is -2.11. The van der Waals surface area contributed by atoms with Crippen LogP contribution in [0.2, 0.25) is 0 Å². The number of benzene rings is 1. The molecule has 0 bridgehead atoms. The lowest BCUT2D eigenvalue weighted by molar-refractivity contribution is 0.0938. The van der Waals surface area contributed by atoms with Gasteiger partial charge in [0.05, 0.1) is 11.7 Å². The van der Waals surface area contributed by atoms with Crippen LogP contribution in [0.15, 0.2) is 36.9 Å². The molecule has 106 valence electrons. The molecule has 1 amide bonds. The molecular weight excluding hydrogens is 272 g/mol. The topological polar surface area (TPSA) is 114 Å². The highest BCUT2D eigenvalue weighted by molar-refractivity contribution is 5.94. The van der Waals surface area contributed by atoms with E-state index in [9.17, 15) is 4.79 Å². The Morgan fingerprint density at radius 2 is 2.14 bits per heavy atom. The zero-order valence-electron chi connectivity index (χ0n) is 11.1. The van der Waals surface area contributed by atoms with E-state index in [0.717, 1.165) is 5.69 Å². The molecule has 0 spiro atoms. The predicted molar refractivity (Wildman–Crippen MR) is 71.4 cm³/mol. The molecule has 2 aromatic heterocycles. The first kappa shape index (κ1) is 12.9. The summed E-state index contributed by atoms with van der Waals surface area (Å²) in [5.74, 6) is 0.413. The molecule has 1 aromatic carbocycles. The largest absolute Gasteiger partial charge is 0.342 e. The van der Waals surface area contributed by atoms with Gasteiger partial charge >= 0.3 is 0 Å². The lowest BCUT2D eigenvalue weighted by Crippen LogP contribution is -2.27. The average Bonchev–Trinajstić information content (AvgIpc) is 3.20. The number of nitrogens with one attached hydrogen (secondary N) is 2. The van der Waals surface area contributed by atoms with Gasteiger partial charge in [-0.3, -0.25) is 9.89 Å². The van der Waals surface area contributed by atoms with E-state index in [4.69, 9.17) is 0 Å². The first-order valence-corrected chi connectivity index (χ1v) is 6.23. The molecule has 2 heterocycles. The number of aromatic amines is 1. The van der Waals surface area contributed by atoms with Crippen LogP contribution in [0.4, 0.5) is 0 Å². The summed E-state index contributed by atoms with van der Waals surface area (Å²) < 4.78 is 1.51. The van der Waals surface area contributed by atoms with Crippen molar-refractivity contribution in [1.82, 2.24) is 40.7 Å². The van der Waals surface area contributed by atoms with E-state index in [2.05, 4.69) is 36.0 Å². The molecule has 0 fully saturated rings. The maximum absolute atomic E-state index is 12.1. The van der Waals surface area contributed by atoms with Crippen molar-refractivity contribution >= 4 is 5.91 Å². The summed E-state index contributed by atoms with van der Waals surface area (Å²) >= 11 is 0. The molecule has 0 saturated carbocycles. The zero-order chi connectivity index (χ0) is 14.7. The number of aromatic nitrogens is 7. The third kappa shape index (κ3) is 2.76. The van der Waals surface area contributed by atoms with Gasteiger partial charge in [-0.25, -0.2) is 9.67 Å². The number of tetrazole rings is 1. The molecule has 21 heavy (non-hydrogen) atoms. The van der Waals surface area contributed by atoms with Crippen molar-refractivity contribution in [2.75, 3.05) is 0 Å². The number of rotatable bonds is 4. The van der Waals surface area contributed by atoms with Gasteiger partial charge in [0, 0.05) is 5.56 Å². The molecule has 0 aliphatic heterocycles. The summed E-state index contributed by atoms with van der Waals surface area (Å²) in [5.41, 5.74) is 1.32. The van der Waals surface area contributed by atoms with E-state index in [0.29, 0.717) is 11.4 Å². The summed E-state index contributed by atoms with van der Waals surface area (Å²) in [6, 6.07) is 6.70. The average molecular weight is 284 g/mol. The number of nitrogens with zero attached hydrogens (tertiary/aromatic N) is 6. The molecule has 1 atom stereocenters. The Hall–Kier alpha value is -3.10.